The van der Waals surface area contributed by atoms with Gasteiger partial charge in [-0.1, -0.05) is 12.1 Å². The molecule has 2 heterocycles. The van der Waals surface area contributed by atoms with Crippen molar-refractivity contribution >= 4 is 29.6 Å². The van der Waals surface area contributed by atoms with Crippen LogP contribution in [0.25, 0.3) is 6.08 Å². The van der Waals surface area contributed by atoms with Gasteiger partial charge in [-0.2, -0.15) is 0 Å². The largest absolute Gasteiger partial charge is 0.351 e. The third kappa shape index (κ3) is 4.25. The van der Waals surface area contributed by atoms with Gasteiger partial charge in [0.15, 0.2) is 0 Å². The smallest absolute Gasteiger partial charge is 0.329 e. The van der Waals surface area contributed by atoms with Crippen LogP contribution in [0.15, 0.2) is 48.4 Å². The van der Waals surface area contributed by atoms with E-state index >= 15 is 0 Å². The van der Waals surface area contributed by atoms with E-state index in [0.29, 0.717) is 11.7 Å². The van der Waals surface area contributed by atoms with E-state index in [4.69, 9.17) is 0 Å². The maximum Gasteiger partial charge on any atom is 0.329 e. The van der Waals surface area contributed by atoms with E-state index in [1.54, 1.807) is 12.1 Å². The van der Waals surface area contributed by atoms with Crippen molar-refractivity contribution in [2.45, 2.75) is 26.8 Å². The number of carbonyl (C=O) groups is 3. The summed E-state index contributed by atoms with van der Waals surface area (Å²) in [6, 6.07) is 8.86. The van der Waals surface area contributed by atoms with Crippen LogP contribution in [0.2, 0.25) is 0 Å². The van der Waals surface area contributed by atoms with Gasteiger partial charge in [-0.15, -0.1) is 0 Å². The Labute approximate surface area is 157 Å². The zero-order valence-corrected chi connectivity index (χ0v) is 15.5. The van der Waals surface area contributed by atoms with Gasteiger partial charge < -0.3 is 15.2 Å². The molecule has 1 aliphatic rings. The normalized spacial score (nSPS) is 15.6. The number of hydrogen-bond acceptors (Lipinski definition) is 3. The lowest BCUT2D eigenvalue weighted by molar-refractivity contribution is -0.127. The number of carbonyl (C=O) groups excluding carboxylic acids is 3. The number of aromatic nitrogens is 1. The lowest BCUT2D eigenvalue weighted by atomic mass is 10.2. The maximum absolute atomic E-state index is 12.5. The van der Waals surface area contributed by atoms with Crippen molar-refractivity contribution < 1.29 is 14.4 Å². The molecule has 1 fully saturated rings. The Kier molecular flexibility index (Phi) is 5.12. The zero-order chi connectivity index (χ0) is 19.6. The molecule has 2 aromatic rings. The first kappa shape index (κ1) is 18.4. The summed E-state index contributed by atoms with van der Waals surface area (Å²) < 4.78 is 2.00. The molecule has 0 saturated carbocycles. The molecule has 1 aromatic carbocycles. The fourth-order valence-electron chi connectivity index (χ4n) is 2.79. The number of rotatable bonds is 5. The summed E-state index contributed by atoms with van der Waals surface area (Å²) in [4.78, 5) is 37.7. The molecule has 1 aliphatic heterocycles. The Bertz CT molecular complexity index is 927. The van der Waals surface area contributed by atoms with E-state index in [9.17, 15) is 14.4 Å². The average Bonchev–Trinajstić information content (AvgIpc) is 3.16. The monoisotopic (exact) mass is 366 g/mol. The molecule has 0 unspecified atom stereocenters. The summed E-state index contributed by atoms with van der Waals surface area (Å²) in [6.45, 7) is 5.67. The lowest BCUT2D eigenvalue weighted by Gasteiger charge is -2.12. The molecule has 140 valence electrons. The van der Waals surface area contributed by atoms with Gasteiger partial charge in [-0.05, 0) is 56.2 Å². The van der Waals surface area contributed by atoms with E-state index in [2.05, 4.69) is 10.6 Å². The minimum Gasteiger partial charge on any atom is -0.351 e. The van der Waals surface area contributed by atoms with Crippen LogP contribution >= 0.6 is 0 Å². The fraction of sp³-hybridized carbons (Fsp3) is 0.250. The number of amides is 4. The predicted octanol–water partition coefficient (Wildman–Crippen LogP) is 2.91. The highest BCUT2D eigenvalue weighted by Crippen LogP contribution is 2.16. The fourth-order valence-corrected chi connectivity index (χ4v) is 2.79. The van der Waals surface area contributed by atoms with Crippen LogP contribution in [0.1, 0.15) is 31.0 Å². The second kappa shape index (κ2) is 7.49. The molecule has 1 aromatic heterocycles. The third-order valence-electron chi connectivity index (χ3n) is 4.21. The van der Waals surface area contributed by atoms with E-state index in [-0.39, 0.29) is 12.2 Å². The van der Waals surface area contributed by atoms with Crippen LogP contribution in [0, 0.1) is 6.92 Å². The van der Waals surface area contributed by atoms with Crippen molar-refractivity contribution in [3.05, 3.63) is 59.5 Å². The molecule has 1 saturated heterocycles. The number of anilines is 1. The maximum atomic E-state index is 12.5. The summed E-state index contributed by atoms with van der Waals surface area (Å²) in [6.07, 6.45) is 5.41. The Balaban J connectivity index is 1.68. The van der Waals surface area contributed by atoms with Crippen molar-refractivity contribution in [3.8, 4) is 0 Å². The standard InChI is InChI=1S/C20H22N4O3/c1-13(2)23-8-7-15(11-23)10-17-19(26)24(20(27)22-17)12-18(25)21-16-6-4-5-14(3)9-16/h4-11,13H,12H2,1-3H3,(H,21,25)(H,22,27)/b17-10+. The molecule has 0 bridgehead atoms. The first-order valence-corrected chi connectivity index (χ1v) is 8.72. The van der Waals surface area contributed by atoms with Gasteiger partial charge in [0, 0.05) is 24.1 Å². The quantitative estimate of drug-likeness (QED) is 0.630. The number of hydrogen-bond donors (Lipinski definition) is 2. The van der Waals surface area contributed by atoms with Gasteiger partial charge >= 0.3 is 6.03 Å². The van der Waals surface area contributed by atoms with Crippen molar-refractivity contribution in [2.75, 3.05) is 11.9 Å². The van der Waals surface area contributed by atoms with Crippen LogP contribution < -0.4 is 10.6 Å². The van der Waals surface area contributed by atoms with Crippen LogP contribution in [-0.2, 0) is 9.59 Å². The number of aryl methyl sites for hydroxylation is 1. The topological polar surface area (TPSA) is 83.4 Å². The number of imide groups is 1. The molecule has 27 heavy (non-hydrogen) atoms. The van der Waals surface area contributed by atoms with Gasteiger partial charge in [0.1, 0.15) is 12.2 Å². The molecule has 7 heteroatoms. The molecule has 2 N–H and O–H groups in total. The van der Waals surface area contributed by atoms with Gasteiger partial charge in [-0.25, -0.2) is 9.69 Å². The Morgan fingerprint density at radius 1 is 1.26 bits per heavy atom. The summed E-state index contributed by atoms with van der Waals surface area (Å²) in [5.74, 6) is -0.951. The Morgan fingerprint density at radius 3 is 2.70 bits per heavy atom. The van der Waals surface area contributed by atoms with Gasteiger partial charge in [-0.3, -0.25) is 9.59 Å². The van der Waals surface area contributed by atoms with E-state index < -0.39 is 17.8 Å². The van der Waals surface area contributed by atoms with Crippen LogP contribution in [0.4, 0.5) is 10.5 Å². The van der Waals surface area contributed by atoms with Crippen LogP contribution in [-0.4, -0.2) is 33.9 Å². The zero-order valence-electron chi connectivity index (χ0n) is 15.5. The number of benzene rings is 1. The van der Waals surface area contributed by atoms with Gasteiger partial charge in [0.2, 0.25) is 5.91 Å². The lowest BCUT2D eigenvalue weighted by Crippen LogP contribution is -2.38. The van der Waals surface area contributed by atoms with Crippen molar-refractivity contribution in [3.63, 3.8) is 0 Å². The first-order chi connectivity index (χ1) is 12.8. The molecular formula is C20H22N4O3. The Hall–Kier alpha value is -3.35. The minimum atomic E-state index is -0.603. The summed E-state index contributed by atoms with van der Waals surface area (Å²) in [7, 11) is 0. The highest BCUT2D eigenvalue weighted by molar-refractivity contribution is 6.15. The number of nitrogens with one attached hydrogen (secondary N) is 2. The highest BCUT2D eigenvalue weighted by atomic mass is 16.2. The second-order valence-corrected chi connectivity index (χ2v) is 6.78. The van der Waals surface area contributed by atoms with Crippen LogP contribution in [0.3, 0.4) is 0 Å². The molecule has 7 nitrogen and oxygen atoms in total. The van der Waals surface area contributed by atoms with Crippen LogP contribution in [0.5, 0.6) is 0 Å². The molecule has 3 rings (SSSR count). The third-order valence-corrected chi connectivity index (χ3v) is 4.21. The van der Waals surface area contributed by atoms with Crippen molar-refractivity contribution in [2.24, 2.45) is 0 Å². The average molecular weight is 366 g/mol. The first-order valence-electron chi connectivity index (χ1n) is 8.72. The van der Waals surface area contributed by atoms with Crippen molar-refractivity contribution in [1.29, 1.82) is 0 Å². The molecule has 0 spiro atoms. The summed E-state index contributed by atoms with van der Waals surface area (Å²) in [5, 5.41) is 5.22. The van der Waals surface area contributed by atoms with Gasteiger partial charge in [0.05, 0.1) is 0 Å². The van der Waals surface area contributed by atoms with E-state index in [0.717, 1.165) is 16.0 Å². The number of nitrogens with zero attached hydrogens (tertiary/aromatic N) is 2. The molecular weight excluding hydrogens is 344 g/mol. The highest BCUT2D eigenvalue weighted by Gasteiger charge is 2.34. The Morgan fingerprint density at radius 2 is 2.04 bits per heavy atom. The number of urea groups is 1. The second-order valence-electron chi connectivity index (χ2n) is 6.78. The molecule has 0 radical (unpaired) electrons. The molecule has 0 atom stereocenters. The summed E-state index contributed by atoms with van der Waals surface area (Å²) in [5.41, 5.74) is 2.59. The van der Waals surface area contributed by atoms with Crippen molar-refractivity contribution in [1.82, 2.24) is 14.8 Å². The SMILES string of the molecule is Cc1cccc(NC(=O)CN2C(=O)N/C(=C/c3ccn(C(C)C)c3)C2=O)c1. The minimum absolute atomic E-state index is 0.157. The van der Waals surface area contributed by atoms with E-state index in [1.807, 2.05) is 62.0 Å². The predicted molar refractivity (Wildman–Crippen MR) is 103 cm³/mol. The molecule has 0 aliphatic carbocycles. The van der Waals surface area contributed by atoms with Gasteiger partial charge in [0.25, 0.3) is 5.91 Å². The summed E-state index contributed by atoms with van der Waals surface area (Å²) >= 11 is 0. The molecule has 4 amide bonds. The van der Waals surface area contributed by atoms with E-state index in [1.165, 1.54) is 0 Å².